The highest BCUT2D eigenvalue weighted by Crippen LogP contribution is 2.28. The summed E-state index contributed by atoms with van der Waals surface area (Å²) < 4.78 is 2.06. The monoisotopic (exact) mass is 375 g/mol. The lowest BCUT2D eigenvalue weighted by atomic mass is 10.1. The topological polar surface area (TPSA) is 72.2 Å². The molecule has 0 spiro atoms. The van der Waals surface area contributed by atoms with Crippen LogP contribution in [0.15, 0.2) is 54.2 Å². The molecule has 3 aromatic heterocycles. The number of carbonyl (C=O) groups excluding carboxylic acids is 1. The highest BCUT2D eigenvalue weighted by atomic mass is 32.1. The van der Waals surface area contributed by atoms with Gasteiger partial charge in [0, 0.05) is 29.8 Å². The quantitative estimate of drug-likeness (QED) is 0.562. The minimum absolute atomic E-state index is 0.113. The van der Waals surface area contributed by atoms with Crippen molar-refractivity contribution in [3.05, 3.63) is 65.6 Å². The predicted molar refractivity (Wildman–Crippen MR) is 108 cm³/mol. The molecule has 1 amide bonds. The van der Waals surface area contributed by atoms with Crippen molar-refractivity contribution < 1.29 is 4.79 Å². The molecule has 0 bridgehead atoms. The Morgan fingerprint density at radius 1 is 1.19 bits per heavy atom. The SMILES string of the molecule is CCC(=O)Nc1nccc(C=Cc2c(-c3ccccc3)nc3sccn23)n1. The highest BCUT2D eigenvalue weighted by Gasteiger charge is 2.12. The van der Waals surface area contributed by atoms with Gasteiger partial charge in [-0.15, -0.1) is 11.3 Å². The van der Waals surface area contributed by atoms with Crippen LogP contribution in [-0.2, 0) is 4.79 Å². The number of hydrogen-bond acceptors (Lipinski definition) is 5. The summed E-state index contributed by atoms with van der Waals surface area (Å²) in [6.45, 7) is 1.79. The van der Waals surface area contributed by atoms with Gasteiger partial charge in [-0.3, -0.25) is 14.5 Å². The molecule has 0 aliphatic heterocycles. The van der Waals surface area contributed by atoms with Crippen LogP contribution < -0.4 is 5.32 Å². The minimum atomic E-state index is -0.113. The smallest absolute Gasteiger partial charge is 0.229 e. The third-order valence-electron chi connectivity index (χ3n) is 4.01. The molecule has 0 saturated heterocycles. The number of imidazole rings is 1. The van der Waals surface area contributed by atoms with Crippen molar-refractivity contribution in [3.8, 4) is 11.3 Å². The van der Waals surface area contributed by atoms with Crippen LogP contribution in [0.4, 0.5) is 5.95 Å². The molecule has 1 aromatic carbocycles. The largest absolute Gasteiger partial charge is 0.295 e. The maximum atomic E-state index is 11.5. The second-order valence-corrected chi connectivity index (χ2v) is 6.68. The van der Waals surface area contributed by atoms with Crippen molar-refractivity contribution in [2.75, 3.05) is 5.32 Å². The molecule has 0 atom stereocenters. The summed E-state index contributed by atoms with van der Waals surface area (Å²) in [5, 5.41) is 4.69. The first kappa shape index (κ1) is 17.1. The zero-order valence-electron chi connectivity index (χ0n) is 14.7. The van der Waals surface area contributed by atoms with Crippen molar-refractivity contribution in [1.82, 2.24) is 19.4 Å². The lowest BCUT2D eigenvalue weighted by Crippen LogP contribution is -2.12. The Morgan fingerprint density at radius 3 is 2.85 bits per heavy atom. The minimum Gasteiger partial charge on any atom is -0.295 e. The lowest BCUT2D eigenvalue weighted by Gasteiger charge is -2.02. The van der Waals surface area contributed by atoms with Gasteiger partial charge in [-0.05, 0) is 18.2 Å². The predicted octanol–water partition coefficient (Wildman–Crippen LogP) is 4.37. The van der Waals surface area contributed by atoms with Gasteiger partial charge in [0.2, 0.25) is 11.9 Å². The zero-order valence-corrected chi connectivity index (χ0v) is 15.5. The average molecular weight is 375 g/mol. The van der Waals surface area contributed by atoms with Gasteiger partial charge in [0.1, 0.15) is 0 Å². The number of aromatic nitrogens is 4. The van der Waals surface area contributed by atoms with Crippen LogP contribution in [0.3, 0.4) is 0 Å². The van der Waals surface area contributed by atoms with E-state index in [2.05, 4.69) is 19.7 Å². The van der Waals surface area contributed by atoms with E-state index in [-0.39, 0.29) is 5.91 Å². The van der Waals surface area contributed by atoms with Crippen molar-refractivity contribution in [2.45, 2.75) is 13.3 Å². The Labute approximate surface area is 160 Å². The first-order valence-corrected chi connectivity index (χ1v) is 9.44. The highest BCUT2D eigenvalue weighted by molar-refractivity contribution is 7.15. The molecule has 4 rings (SSSR count). The molecule has 0 aliphatic rings. The number of fused-ring (bicyclic) bond motifs is 1. The Balaban J connectivity index is 1.70. The van der Waals surface area contributed by atoms with Crippen LogP contribution >= 0.6 is 11.3 Å². The first-order valence-electron chi connectivity index (χ1n) is 8.56. The molecule has 4 aromatic rings. The van der Waals surface area contributed by atoms with E-state index in [9.17, 15) is 4.79 Å². The normalized spacial score (nSPS) is 11.3. The van der Waals surface area contributed by atoms with E-state index in [1.54, 1.807) is 30.5 Å². The number of thiazole rings is 1. The third-order valence-corrected chi connectivity index (χ3v) is 4.76. The van der Waals surface area contributed by atoms with E-state index in [0.29, 0.717) is 18.1 Å². The summed E-state index contributed by atoms with van der Waals surface area (Å²) in [5.41, 5.74) is 3.68. The number of amides is 1. The standard InChI is InChI=1S/C20H17N5OS/c1-2-17(26)23-19-21-11-10-15(22-19)8-9-16-18(14-6-4-3-5-7-14)24-20-25(16)12-13-27-20/h3-13H,2H2,1H3,(H,21,22,23,26). The van der Waals surface area contributed by atoms with Crippen LogP contribution in [0.1, 0.15) is 24.7 Å². The Hall–Kier alpha value is -3.32. The van der Waals surface area contributed by atoms with Gasteiger partial charge in [-0.25, -0.2) is 15.0 Å². The molecule has 6 nitrogen and oxygen atoms in total. The van der Waals surface area contributed by atoms with E-state index >= 15 is 0 Å². The number of anilines is 1. The van der Waals surface area contributed by atoms with Crippen molar-refractivity contribution in [2.24, 2.45) is 0 Å². The second kappa shape index (κ2) is 7.51. The summed E-state index contributed by atoms with van der Waals surface area (Å²) in [6.07, 6.45) is 7.91. The number of nitrogens with zero attached hydrogens (tertiary/aromatic N) is 4. The molecule has 0 radical (unpaired) electrons. The van der Waals surface area contributed by atoms with E-state index in [4.69, 9.17) is 4.98 Å². The van der Waals surface area contributed by atoms with Crippen LogP contribution in [0.2, 0.25) is 0 Å². The van der Waals surface area contributed by atoms with Crippen LogP contribution in [-0.4, -0.2) is 25.3 Å². The fourth-order valence-corrected chi connectivity index (χ4v) is 3.40. The van der Waals surface area contributed by atoms with Gasteiger partial charge in [-0.2, -0.15) is 0 Å². The molecule has 0 aliphatic carbocycles. The van der Waals surface area contributed by atoms with Crippen LogP contribution in [0.25, 0.3) is 28.4 Å². The number of rotatable bonds is 5. The fourth-order valence-electron chi connectivity index (χ4n) is 2.67. The Morgan fingerprint density at radius 2 is 2.04 bits per heavy atom. The second-order valence-electron chi connectivity index (χ2n) is 5.81. The maximum Gasteiger partial charge on any atom is 0.229 e. The molecule has 7 heteroatoms. The maximum absolute atomic E-state index is 11.5. The zero-order chi connectivity index (χ0) is 18.6. The summed E-state index contributed by atoms with van der Waals surface area (Å²) in [5.74, 6) is 0.194. The van der Waals surface area contributed by atoms with Crippen LogP contribution in [0.5, 0.6) is 0 Å². The van der Waals surface area contributed by atoms with Crippen molar-refractivity contribution in [1.29, 1.82) is 0 Å². The van der Waals surface area contributed by atoms with E-state index < -0.39 is 0 Å². The van der Waals surface area contributed by atoms with E-state index in [1.807, 2.05) is 54.1 Å². The lowest BCUT2D eigenvalue weighted by molar-refractivity contribution is -0.115. The molecule has 134 valence electrons. The molecular weight excluding hydrogens is 358 g/mol. The van der Waals surface area contributed by atoms with Crippen molar-refractivity contribution in [3.63, 3.8) is 0 Å². The van der Waals surface area contributed by atoms with Gasteiger partial charge in [0.05, 0.1) is 17.1 Å². The Bertz CT molecular complexity index is 1110. The van der Waals surface area contributed by atoms with Gasteiger partial charge in [0.15, 0.2) is 4.96 Å². The van der Waals surface area contributed by atoms with Gasteiger partial charge in [0.25, 0.3) is 0 Å². The van der Waals surface area contributed by atoms with E-state index in [1.165, 1.54) is 0 Å². The molecule has 27 heavy (non-hydrogen) atoms. The summed E-state index contributed by atoms with van der Waals surface area (Å²) in [7, 11) is 0. The molecule has 0 unspecified atom stereocenters. The molecule has 0 fully saturated rings. The summed E-state index contributed by atoms with van der Waals surface area (Å²) >= 11 is 1.60. The number of benzene rings is 1. The number of hydrogen-bond donors (Lipinski definition) is 1. The Kier molecular flexibility index (Phi) is 4.76. The molecule has 0 saturated carbocycles. The van der Waals surface area contributed by atoms with Gasteiger partial charge in [-0.1, -0.05) is 37.3 Å². The molecule has 1 N–H and O–H groups in total. The van der Waals surface area contributed by atoms with Gasteiger partial charge < -0.3 is 0 Å². The fraction of sp³-hybridized carbons (Fsp3) is 0.100. The van der Waals surface area contributed by atoms with E-state index in [0.717, 1.165) is 21.9 Å². The molecular formula is C20H17N5OS. The molecule has 3 heterocycles. The third kappa shape index (κ3) is 3.63. The van der Waals surface area contributed by atoms with Crippen molar-refractivity contribution >= 4 is 40.3 Å². The summed E-state index contributed by atoms with van der Waals surface area (Å²) in [6, 6.07) is 11.9. The average Bonchev–Trinajstić information content (AvgIpc) is 3.29. The van der Waals surface area contributed by atoms with Crippen LogP contribution in [0, 0.1) is 0 Å². The number of nitrogens with one attached hydrogen (secondary N) is 1. The number of carbonyl (C=O) groups is 1. The summed E-state index contributed by atoms with van der Waals surface area (Å²) in [4.78, 5) is 25.7. The van der Waals surface area contributed by atoms with Gasteiger partial charge >= 0.3 is 0 Å². The first-order chi connectivity index (χ1) is 13.2.